The van der Waals surface area contributed by atoms with Crippen molar-refractivity contribution in [2.24, 2.45) is 5.92 Å². The molecule has 3 aromatic carbocycles. The van der Waals surface area contributed by atoms with E-state index in [1.165, 1.54) is 12.8 Å². The fourth-order valence-corrected chi connectivity index (χ4v) is 5.15. The molecule has 1 amide bonds. The molecule has 4 N–H and O–H groups in total. The third kappa shape index (κ3) is 4.64. The lowest BCUT2D eigenvalue weighted by Gasteiger charge is -2.09. The summed E-state index contributed by atoms with van der Waals surface area (Å²) in [4.78, 5) is 17.2. The molecule has 0 radical (unpaired) electrons. The number of aromatic amines is 1. The van der Waals surface area contributed by atoms with Crippen LogP contribution in [-0.4, -0.2) is 16.6 Å². The van der Waals surface area contributed by atoms with Gasteiger partial charge in [-0.1, -0.05) is 35.9 Å². The maximum atomic E-state index is 12.9. The Kier molecular flexibility index (Phi) is 5.85. The molecule has 0 unspecified atom stereocenters. The highest BCUT2D eigenvalue weighted by atomic mass is 35.5. The van der Waals surface area contributed by atoms with E-state index in [0.29, 0.717) is 17.1 Å². The molecule has 1 saturated carbocycles. The number of hydrogen-bond donors (Lipinski definition) is 3. The topological polar surface area (TPSA) is 70.9 Å². The van der Waals surface area contributed by atoms with E-state index < -0.39 is 0 Å². The zero-order chi connectivity index (χ0) is 22.1. The summed E-state index contributed by atoms with van der Waals surface area (Å²) in [6.07, 6.45) is 4.43. The van der Waals surface area contributed by atoms with Gasteiger partial charge in [0, 0.05) is 45.0 Å². The number of aromatic nitrogens is 1. The first-order chi connectivity index (χ1) is 15.6. The molecule has 0 spiro atoms. The zero-order valence-electron chi connectivity index (χ0n) is 17.5. The van der Waals surface area contributed by atoms with Gasteiger partial charge in [-0.2, -0.15) is 0 Å². The highest BCUT2D eigenvalue weighted by Crippen LogP contribution is 2.38. The van der Waals surface area contributed by atoms with Crippen molar-refractivity contribution in [2.45, 2.75) is 24.3 Å². The number of hydrogen-bond acceptors (Lipinski definition) is 3. The van der Waals surface area contributed by atoms with Gasteiger partial charge in [-0.05, 0) is 71.8 Å². The molecular formula is C26H24ClN3OS. The number of nitrogens with two attached hydrogens (primary N) is 1. The minimum atomic E-state index is -0.119. The van der Waals surface area contributed by atoms with E-state index in [9.17, 15) is 4.79 Å². The number of fused-ring (bicyclic) bond motifs is 1. The van der Waals surface area contributed by atoms with Crippen LogP contribution in [0.25, 0.3) is 22.0 Å². The summed E-state index contributed by atoms with van der Waals surface area (Å²) < 4.78 is 0. The molecule has 1 aliphatic rings. The summed E-state index contributed by atoms with van der Waals surface area (Å²) in [7, 11) is 0. The summed E-state index contributed by atoms with van der Waals surface area (Å²) in [5, 5.41) is 4.55. The lowest BCUT2D eigenvalue weighted by molar-refractivity contribution is 0.0952. The van der Waals surface area contributed by atoms with Crippen LogP contribution in [0.4, 0.5) is 5.69 Å². The van der Waals surface area contributed by atoms with E-state index >= 15 is 0 Å². The number of carbonyl (C=O) groups is 1. The molecule has 162 valence electrons. The summed E-state index contributed by atoms with van der Waals surface area (Å²) >= 11 is 7.89. The molecule has 32 heavy (non-hydrogen) atoms. The monoisotopic (exact) mass is 461 g/mol. The number of rotatable bonds is 7. The van der Waals surface area contributed by atoms with Crippen molar-refractivity contribution in [1.82, 2.24) is 10.3 Å². The van der Waals surface area contributed by atoms with Crippen LogP contribution in [0, 0.1) is 5.92 Å². The Morgan fingerprint density at radius 1 is 1.09 bits per heavy atom. The van der Waals surface area contributed by atoms with Gasteiger partial charge in [0.25, 0.3) is 5.91 Å². The molecule has 4 aromatic rings. The zero-order valence-corrected chi connectivity index (χ0v) is 19.1. The van der Waals surface area contributed by atoms with E-state index in [0.717, 1.165) is 49.8 Å². The summed E-state index contributed by atoms with van der Waals surface area (Å²) in [6, 6.07) is 19.9. The fraction of sp³-hybridized carbons (Fsp3) is 0.192. The van der Waals surface area contributed by atoms with Crippen molar-refractivity contribution < 1.29 is 4.79 Å². The van der Waals surface area contributed by atoms with Crippen LogP contribution < -0.4 is 11.1 Å². The SMILES string of the molecule is Nc1ccc(-c2ccc3[nH]cc(C(=O)NCc4cccc(Cl)c4)c3c2)cc1SCC1CC1. The van der Waals surface area contributed by atoms with E-state index in [4.69, 9.17) is 17.3 Å². The van der Waals surface area contributed by atoms with E-state index in [1.54, 1.807) is 6.20 Å². The lowest BCUT2D eigenvalue weighted by Crippen LogP contribution is -2.22. The predicted octanol–water partition coefficient (Wildman–Crippen LogP) is 6.50. The molecule has 0 bridgehead atoms. The molecule has 0 atom stereocenters. The maximum absolute atomic E-state index is 12.9. The molecule has 0 aliphatic heterocycles. The second kappa shape index (κ2) is 8.93. The van der Waals surface area contributed by atoms with Crippen molar-refractivity contribution in [3.8, 4) is 11.1 Å². The number of nitrogens with one attached hydrogen (secondary N) is 2. The molecule has 1 aromatic heterocycles. The molecule has 6 heteroatoms. The number of nitrogen functional groups attached to an aromatic ring is 1. The minimum Gasteiger partial charge on any atom is -0.398 e. The Bertz CT molecular complexity index is 1300. The van der Waals surface area contributed by atoms with Crippen molar-refractivity contribution in [2.75, 3.05) is 11.5 Å². The Morgan fingerprint density at radius 2 is 1.91 bits per heavy atom. The first-order valence-electron chi connectivity index (χ1n) is 10.7. The number of H-pyrrole nitrogens is 1. The van der Waals surface area contributed by atoms with Crippen molar-refractivity contribution >= 4 is 45.9 Å². The highest BCUT2D eigenvalue weighted by Gasteiger charge is 2.21. The highest BCUT2D eigenvalue weighted by molar-refractivity contribution is 7.99. The molecular weight excluding hydrogens is 438 g/mol. The number of halogens is 1. The van der Waals surface area contributed by atoms with Gasteiger partial charge in [-0.15, -0.1) is 11.8 Å². The maximum Gasteiger partial charge on any atom is 0.253 e. The van der Waals surface area contributed by atoms with Gasteiger partial charge in [0.2, 0.25) is 0 Å². The van der Waals surface area contributed by atoms with Gasteiger partial charge >= 0.3 is 0 Å². The van der Waals surface area contributed by atoms with Crippen LogP contribution in [0.5, 0.6) is 0 Å². The smallest absolute Gasteiger partial charge is 0.253 e. The summed E-state index contributed by atoms with van der Waals surface area (Å²) in [5.41, 5.74) is 11.7. The molecule has 1 fully saturated rings. The molecule has 1 heterocycles. The van der Waals surface area contributed by atoms with Gasteiger partial charge in [0.05, 0.1) is 5.56 Å². The van der Waals surface area contributed by atoms with Crippen LogP contribution in [0.2, 0.25) is 5.02 Å². The first kappa shape index (κ1) is 21.0. The normalized spacial score (nSPS) is 13.4. The molecule has 4 nitrogen and oxygen atoms in total. The lowest BCUT2D eigenvalue weighted by atomic mass is 10.0. The molecule has 0 saturated heterocycles. The summed E-state index contributed by atoms with van der Waals surface area (Å²) in [6.45, 7) is 0.422. The van der Waals surface area contributed by atoms with Gasteiger partial charge in [-0.3, -0.25) is 4.79 Å². The number of carbonyl (C=O) groups excluding carboxylic acids is 1. The Labute approximate surface area is 196 Å². The second-order valence-electron chi connectivity index (χ2n) is 8.28. The quantitative estimate of drug-likeness (QED) is 0.217. The van der Waals surface area contributed by atoms with E-state index in [2.05, 4.69) is 28.5 Å². The average molecular weight is 462 g/mol. The number of benzene rings is 3. The third-order valence-corrected chi connectivity index (χ3v) is 7.32. The van der Waals surface area contributed by atoms with Crippen LogP contribution >= 0.6 is 23.4 Å². The fourth-order valence-electron chi connectivity index (χ4n) is 3.74. The Balaban J connectivity index is 1.38. The second-order valence-corrected chi connectivity index (χ2v) is 9.78. The van der Waals surface area contributed by atoms with Gasteiger partial charge in [-0.25, -0.2) is 0 Å². The van der Waals surface area contributed by atoms with E-state index in [1.807, 2.05) is 54.2 Å². The number of amides is 1. The first-order valence-corrected chi connectivity index (χ1v) is 12.1. The van der Waals surface area contributed by atoms with Gasteiger partial charge in [0.1, 0.15) is 0 Å². The van der Waals surface area contributed by atoms with Crippen LogP contribution in [0.1, 0.15) is 28.8 Å². The molecule has 5 rings (SSSR count). The Morgan fingerprint density at radius 3 is 2.72 bits per heavy atom. The van der Waals surface area contributed by atoms with Crippen molar-refractivity contribution in [1.29, 1.82) is 0 Å². The van der Waals surface area contributed by atoms with Crippen LogP contribution in [-0.2, 0) is 6.54 Å². The van der Waals surface area contributed by atoms with E-state index in [-0.39, 0.29) is 5.91 Å². The average Bonchev–Trinajstić information content (AvgIpc) is 3.53. The van der Waals surface area contributed by atoms with Crippen molar-refractivity contribution in [3.05, 3.63) is 83.0 Å². The third-order valence-electron chi connectivity index (χ3n) is 5.79. The predicted molar refractivity (Wildman–Crippen MR) is 134 cm³/mol. The number of thioether (sulfide) groups is 1. The van der Waals surface area contributed by atoms with Gasteiger partial charge < -0.3 is 16.0 Å². The Hall–Kier alpha value is -2.89. The largest absolute Gasteiger partial charge is 0.398 e. The van der Waals surface area contributed by atoms with Crippen LogP contribution in [0.15, 0.2) is 71.8 Å². The van der Waals surface area contributed by atoms with Crippen molar-refractivity contribution in [3.63, 3.8) is 0 Å². The minimum absolute atomic E-state index is 0.119. The molecule has 1 aliphatic carbocycles. The standard InChI is InChI=1S/C26H24ClN3OS/c27-20-3-1-2-17(10-20)13-30-26(31)22-14-29-24-9-7-18(11-21(22)24)19-6-8-23(28)25(12-19)32-15-16-4-5-16/h1-3,6-12,14,16,29H,4-5,13,15,28H2,(H,30,31). The van der Waals surface area contributed by atoms with Crippen LogP contribution in [0.3, 0.4) is 0 Å². The summed E-state index contributed by atoms with van der Waals surface area (Å²) in [5.74, 6) is 1.85. The van der Waals surface area contributed by atoms with Gasteiger partial charge in [0.15, 0.2) is 0 Å². The number of anilines is 1.